The monoisotopic (exact) mass is 328 g/mol. The van der Waals surface area contributed by atoms with E-state index >= 15 is 0 Å². The summed E-state index contributed by atoms with van der Waals surface area (Å²) in [5, 5.41) is 9.79. The van der Waals surface area contributed by atoms with E-state index in [0.717, 1.165) is 31.7 Å². The molecule has 3 heterocycles. The van der Waals surface area contributed by atoms with Crippen molar-refractivity contribution in [3.8, 4) is 0 Å². The van der Waals surface area contributed by atoms with Gasteiger partial charge in [-0.2, -0.15) is 13.2 Å². The van der Waals surface area contributed by atoms with Gasteiger partial charge in [-0.25, -0.2) is 9.97 Å². The third kappa shape index (κ3) is 4.15. The van der Waals surface area contributed by atoms with Crippen molar-refractivity contribution in [2.75, 3.05) is 18.4 Å². The second kappa shape index (κ2) is 6.49. The topological polar surface area (TPSA) is 80.0 Å². The van der Waals surface area contributed by atoms with Crippen LogP contribution < -0.4 is 5.32 Å². The van der Waals surface area contributed by atoms with E-state index in [1.165, 1.54) is 6.33 Å². The molecule has 1 aliphatic rings. The van der Waals surface area contributed by atoms with Crippen LogP contribution in [0, 0.1) is 0 Å². The highest BCUT2D eigenvalue weighted by Crippen LogP contribution is 2.28. The zero-order chi connectivity index (χ0) is 16.3. The lowest BCUT2D eigenvalue weighted by Gasteiger charge is -2.31. The number of nitrogens with zero attached hydrogens (tertiary/aromatic N) is 5. The van der Waals surface area contributed by atoms with Crippen molar-refractivity contribution < 1.29 is 17.6 Å². The average molecular weight is 328 g/mol. The van der Waals surface area contributed by atoms with E-state index in [-0.39, 0.29) is 18.5 Å². The maximum atomic E-state index is 12.4. The van der Waals surface area contributed by atoms with Crippen molar-refractivity contribution in [3.05, 3.63) is 30.4 Å². The van der Waals surface area contributed by atoms with Crippen molar-refractivity contribution in [3.63, 3.8) is 0 Å². The lowest BCUT2D eigenvalue weighted by Crippen LogP contribution is -2.38. The molecule has 0 radical (unpaired) electrons. The minimum atomic E-state index is -4.60. The molecule has 0 saturated carbocycles. The summed E-state index contributed by atoms with van der Waals surface area (Å²) in [6.45, 7) is 1.68. The first kappa shape index (κ1) is 15.7. The predicted molar refractivity (Wildman–Crippen MR) is 73.3 cm³/mol. The number of likely N-dealkylation sites (tertiary alicyclic amines) is 1. The molecule has 0 amide bonds. The average Bonchev–Trinajstić information content (AvgIpc) is 2.99. The molecule has 23 heavy (non-hydrogen) atoms. The van der Waals surface area contributed by atoms with Crippen LogP contribution in [0.2, 0.25) is 0 Å². The van der Waals surface area contributed by atoms with Crippen LogP contribution in [0.5, 0.6) is 0 Å². The van der Waals surface area contributed by atoms with Gasteiger partial charge < -0.3 is 9.73 Å². The van der Waals surface area contributed by atoms with Crippen molar-refractivity contribution in [2.24, 2.45) is 0 Å². The van der Waals surface area contributed by atoms with Gasteiger partial charge in [0.15, 0.2) is 0 Å². The van der Waals surface area contributed by atoms with E-state index in [2.05, 4.69) is 29.9 Å². The van der Waals surface area contributed by atoms with Crippen molar-refractivity contribution in [1.29, 1.82) is 0 Å². The number of nitrogens with one attached hydrogen (secondary N) is 1. The fourth-order valence-corrected chi connectivity index (χ4v) is 2.44. The molecule has 1 aliphatic heterocycles. The molecular formula is C13H15F3N6O. The summed E-state index contributed by atoms with van der Waals surface area (Å²) < 4.78 is 41.9. The molecule has 0 spiro atoms. The Kier molecular flexibility index (Phi) is 4.42. The summed E-state index contributed by atoms with van der Waals surface area (Å²) in [7, 11) is 0. The summed E-state index contributed by atoms with van der Waals surface area (Å²) in [5.74, 6) is -0.544. The van der Waals surface area contributed by atoms with Crippen LogP contribution in [0.3, 0.4) is 0 Å². The standard InChI is InChI=1S/C13H15F3N6O/c14-13(15,16)12-21-20-11(23-12)7-22-5-2-9(3-6-22)19-10-1-4-17-8-18-10/h1,4,8-9H,2-3,5-7H2,(H,17,18,19). The van der Waals surface area contributed by atoms with Crippen LogP contribution in [0.1, 0.15) is 24.6 Å². The fourth-order valence-electron chi connectivity index (χ4n) is 2.44. The zero-order valence-corrected chi connectivity index (χ0v) is 12.1. The fraction of sp³-hybridized carbons (Fsp3) is 0.538. The number of alkyl halides is 3. The highest BCUT2D eigenvalue weighted by molar-refractivity contribution is 5.33. The number of aromatic nitrogens is 4. The Morgan fingerprint density at radius 3 is 2.65 bits per heavy atom. The van der Waals surface area contributed by atoms with Gasteiger partial charge in [-0.1, -0.05) is 0 Å². The number of halogens is 3. The molecule has 1 fully saturated rings. The van der Waals surface area contributed by atoms with Gasteiger partial charge in [0, 0.05) is 25.3 Å². The Morgan fingerprint density at radius 2 is 2.04 bits per heavy atom. The van der Waals surface area contributed by atoms with E-state index in [0.29, 0.717) is 0 Å². The highest BCUT2D eigenvalue weighted by atomic mass is 19.4. The highest BCUT2D eigenvalue weighted by Gasteiger charge is 2.38. The SMILES string of the molecule is FC(F)(F)c1nnc(CN2CCC(Nc3ccncn3)CC2)o1. The molecule has 0 aromatic carbocycles. The molecular weight excluding hydrogens is 313 g/mol. The molecule has 1 saturated heterocycles. The smallest absolute Gasteiger partial charge is 0.416 e. The molecule has 3 rings (SSSR count). The Hall–Kier alpha value is -2.23. The Balaban J connectivity index is 1.48. The number of hydrogen-bond acceptors (Lipinski definition) is 7. The molecule has 10 heteroatoms. The molecule has 2 aromatic heterocycles. The Bertz CT molecular complexity index is 624. The molecule has 7 nitrogen and oxygen atoms in total. The molecule has 1 N–H and O–H groups in total. The van der Waals surface area contributed by atoms with E-state index < -0.39 is 12.1 Å². The molecule has 0 unspecified atom stereocenters. The first-order chi connectivity index (χ1) is 11.0. The minimum Gasteiger partial charge on any atom is -0.416 e. The number of piperidine rings is 1. The number of anilines is 1. The summed E-state index contributed by atoms with van der Waals surface area (Å²) in [4.78, 5) is 9.96. The third-order valence-electron chi connectivity index (χ3n) is 3.59. The summed E-state index contributed by atoms with van der Waals surface area (Å²) in [6, 6.07) is 2.07. The normalized spacial score (nSPS) is 17.3. The Labute approximate surface area is 129 Å². The second-order valence-electron chi connectivity index (χ2n) is 5.29. The maximum absolute atomic E-state index is 12.4. The number of hydrogen-bond donors (Lipinski definition) is 1. The molecule has 124 valence electrons. The van der Waals surface area contributed by atoms with Crippen LogP contribution >= 0.6 is 0 Å². The van der Waals surface area contributed by atoms with Crippen molar-refractivity contribution >= 4 is 5.82 Å². The van der Waals surface area contributed by atoms with Gasteiger partial charge in [0.05, 0.1) is 6.54 Å². The van der Waals surface area contributed by atoms with Gasteiger partial charge in [-0.05, 0) is 18.9 Å². The van der Waals surface area contributed by atoms with Crippen molar-refractivity contribution in [2.45, 2.75) is 31.6 Å². The van der Waals surface area contributed by atoms with Crippen LogP contribution in [-0.2, 0) is 12.7 Å². The first-order valence-corrected chi connectivity index (χ1v) is 7.15. The zero-order valence-electron chi connectivity index (χ0n) is 12.1. The van der Waals surface area contributed by atoms with Crippen LogP contribution in [0.15, 0.2) is 23.0 Å². The van der Waals surface area contributed by atoms with Gasteiger partial charge in [-0.3, -0.25) is 4.90 Å². The van der Waals surface area contributed by atoms with E-state index in [1.807, 2.05) is 4.90 Å². The largest absolute Gasteiger partial charge is 0.470 e. The van der Waals surface area contributed by atoms with Gasteiger partial charge in [0.1, 0.15) is 12.1 Å². The summed E-state index contributed by atoms with van der Waals surface area (Å²) >= 11 is 0. The quantitative estimate of drug-likeness (QED) is 0.919. The summed E-state index contributed by atoms with van der Waals surface area (Å²) in [5.41, 5.74) is 0. The first-order valence-electron chi connectivity index (χ1n) is 7.15. The van der Waals surface area contributed by atoms with E-state index in [4.69, 9.17) is 0 Å². The van der Waals surface area contributed by atoms with Gasteiger partial charge in [0.2, 0.25) is 5.89 Å². The molecule has 2 aromatic rings. The molecule has 0 atom stereocenters. The lowest BCUT2D eigenvalue weighted by atomic mass is 10.1. The second-order valence-corrected chi connectivity index (χ2v) is 5.29. The van der Waals surface area contributed by atoms with Crippen LogP contribution in [0.25, 0.3) is 0 Å². The van der Waals surface area contributed by atoms with E-state index in [9.17, 15) is 13.2 Å². The number of rotatable bonds is 4. The summed E-state index contributed by atoms with van der Waals surface area (Å²) in [6.07, 6.45) is 0.248. The van der Waals surface area contributed by atoms with Gasteiger partial charge >= 0.3 is 12.1 Å². The molecule has 0 aliphatic carbocycles. The van der Waals surface area contributed by atoms with Gasteiger partial charge in [0.25, 0.3) is 0 Å². The van der Waals surface area contributed by atoms with Crippen LogP contribution in [-0.4, -0.2) is 44.2 Å². The van der Waals surface area contributed by atoms with Gasteiger partial charge in [-0.15, -0.1) is 10.2 Å². The lowest BCUT2D eigenvalue weighted by molar-refractivity contribution is -0.157. The third-order valence-corrected chi connectivity index (χ3v) is 3.59. The van der Waals surface area contributed by atoms with E-state index in [1.54, 1.807) is 12.3 Å². The minimum absolute atomic E-state index is 0.0143. The maximum Gasteiger partial charge on any atom is 0.470 e. The predicted octanol–water partition coefficient (Wildman–Crippen LogP) is 1.95. The van der Waals surface area contributed by atoms with Crippen molar-refractivity contribution in [1.82, 2.24) is 25.1 Å². The Morgan fingerprint density at radius 1 is 1.26 bits per heavy atom. The molecule has 0 bridgehead atoms. The van der Waals surface area contributed by atoms with Crippen LogP contribution in [0.4, 0.5) is 19.0 Å².